The summed E-state index contributed by atoms with van der Waals surface area (Å²) in [6.45, 7) is 0.894. The summed E-state index contributed by atoms with van der Waals surface area (Å²) in [5.41, 5.74) is 0.587. The molecule has 6 heteroatoms. The molecule has 0 unspecified atom stereocenters. The van der Waals surface area contributed by atoms with Crippen molar-refractivity contribution in [1.29, 1.82) is 0 Å². The van der Waals surface area contributed by atoms with Crippen LogP contribution in [0.4, 0.5) is 9.39 Å². The summed E-state index contributed by atoms with van der Waals surface area (Å²) >= 11 is 1.12. The summed E-state index contributed by atoms with van der Waals surface area (Å²) in [6, 6.07) is 9.71. The molecule has 0 radical (unpaired) electrons. The lowest BCUT2D eigenvalue weighted by molar-refractivity contribution is -0.380. The Morgan fingerprint density at radius 2 is 2.00 bits per heavy atom. The zero-order valence-corrected chi connectivity index (χ0v) is 10.2. The first-order valence-corrected chi connectivity index (χ1v) is 6.15. The molecule has 0 bridgehead atoms. The van der Waals surface area contributed by atoms with Crippen molar-refractivity contribution in [3.05, 3.63) is 62.8 Å². The Labute approximate surface area is 107 Å². The van der Waals surface area contributed by atoms with Crippen molar-refractivity contribution < 1.29 is 9.31 Å². The minimum Gasteiger partial charge on any atom is -0.308 e. The fourth-order valence-electron chi connectivity index (χ4n) is 1.52. The third kappa shape index (κ3) is 3.12. The van der Waals surface area contributed by atoms with Crippen LogP contribution in [-0.4, -0.2) is 4.92 Å². The summed E-state index contributed by atoms with van der Waals surface area (Å²) in [6.07, 6.45) is 0. The molecule has 0 saturated carbocycles. The molecule has 1 aromatic heterocycles. The van der Waals surface area contributed by atoms with E-state index in [0.29, 0.717) is 18.7 Å². The van der Waals surface area contributed by atoms with E-state index in [-0.39, 0.29) is 10.8 Å². The fourth-order valence-corrected chi connectivity index (χ4v) is 2.31. The predicted molar refractivity (Wildman–Crippen MR) is 67.9 cm³/mol. The van der Waals surface area contributed by atoms with Crippen molar-refractivity contribution in [3.63, 3.8) is 0 Å². The maximum absolute atomic E-state index is 13.3. The molecule has 0 fully saturated rings. The Balaban J connectivity index is 1.88. The number of thiophene rings is 1. The number of nitrogens with one attached hydrogen (secondary N) is 1. The lowest BCUT2D eigenvalue weighted by atomic mass is 10.2. The van der Waals surface area contributed by atoms with Gasteiger partial charge < -0.3 is 5.32 Å². The molecule has 1 N–H and O–H groups in total. The second kappa shape index (κ2) is 5.70. The van der Waals surface area contributed by atoms with Crippen LogP contribution in [0.25, 0.3) is 0 Å². The van der Waals surface area contributed by atoms with Crippen molar-refractivity contribution in [2.75, 3.05) is 0 Å². The molecule has 18 heavy (non-hydrogen) atoms. The van der Waals surface area contributed by atoms with Crippen molar-refractivity contribution in [1.82, 2.24) is 5.32 Å². The van der Waals surface area contributed by atoms with Gasteiger partial charge in [-0.05, 0) is 12.1 Å². The van der Waals surface area contributed by atoms with E-state index in [1.54, 1.807) is 24.3 Å². The smallest absolute Gasteiger partial charge is 0.308 e. The van der Waals surface area contributed by atoms with Gasteiger partial charge in [-0.25, -0.2) is 4.39 Å². The Morgan fingerprint density at radius 3 is 2.67 bits per heavy atom. The molecule has 0 atom stereocenters. The zero-order chi connectivity index (χ0) is 13.0. The van der Waals surface area contributed by atoms with Crippen LogP contribution < -0.4 is 5.32 Å². The van der Waals surface area contributed by atoms with Crippen LogP contribution in [0.5, 0.6) is 0 Å². The summed E-state index contributed by atoms with van der Waals surface area (Å²) in [5.74, 6) is -0.248. The van der Waals surface area contributed by atoms with Gasteiger partial charge in [0.1, 0.15) is 5.82 Å². The molecule has 0 aliphatic rings. The molecule has 1 aromatic carbocycles. The summed E-state index contributed by atoms with van der Waals surface area (Å²) in [5, 5.41) is 13.7. The van der Waals surface area contributed by atoms with Gasteiger partial charge in [0.15, 0.2) is 0 Å². The van der Waals surface area contributed by atoms with Gasteiger partial charge >= 0.3 is 5.00 Å². The van der Waals surface area contributed by atoms with E-state index in [4.69, 9.17) is 0 Å². The molecule has 0 aliphatic heterocycles. The second-order valence-corrected chi connectivity index (χ2v) is 4.84. The Kier molecular flexibility index (Phi) is 4.01. The number of halogens is 1. The molecular weight excluding hydrogens is 255 g/mol. The highest BCUT2D eigenvalue weighted by Gasteiger charge is 2.09. The van der Waals surface area contributed by atoms with Crippen LogP contribution >= 0.6 is 11.3 Å². The predicted octanol–water partition coefficient (Wildman–Crippen LogP) is 3.09. The van der Waals surface area contributed by atoms with Gasteiger partial charge in [-0.2, -0.15) is 0 Å². The van der Waals surface area contributed by atoms with E-state index in [1.807, 2.05) is 0 Å². The van der Waals surface area contributed by atoms with Crippen LogP contribution in [0.2, 0.25) is 0 Å². The lowest BCUT2D eigenvalue weighted by Crippen LogP contribution is -2.12. The zero-order valence-electron chi connectivity index (χ0n) is 9.43. The van der Waals surface area contributed by atoms with Gasteiger partial charge in [-0.1, -0.05) is 29.5 Å². The van der Waals surface area contributed by atoms with Crippen LogP contribution in [0.15, 0.2) is 36.4 Å². The molecular formula is C12H11FN2O2S. The van der Waals surface area contributed by atoms with Crippen LogP contribution in [0, 0.1) is 15.9 Å². The Bertz CT molecular complexity index is 557. The topological polar surface area (TPSA) is 55.2 Å². The van der Waals surface area contributed by atoms with E-state index < -0.39 is 4.92 Å². The quantitative estimate of drug-likeness (QED) is 0.668. The number of rotatable bonds is 5. The minimum absolute atomic E-state index is 0.123. The van der Waals surface area contributed by atoms with E-state index >= 15 is 0 Å². The maximum Gasteiger partial charge on any atom is 0.324 e. The van der Waals surface area contributed by atoms with E-state index in [9.17, 15) is 14.5 Å². The van der Waals surface area contributed by atoms with Gasteiger partial charge in [0.2, 0.25) is 0 Å². The van der Waals surface area contributed by atoms with Crippen LogP contribution in [-0.2, 0) is 13.1 Å². The molecule has 0 saturated heterocycles. The first kappa shape index (κ1) is 12.7. The average molecular weight is 266 g/mol. The number of nitro groups is 1. The van der Waals surface area contributed by atoms with Gasteiger partial charge in [0.25, 0.3) is 0 Å². The average Bonchev–Trinajstić information content (AvgIpc) is 2.80. The minimum atomic E-state index is -0.412. The van der Waals surface area contributed by atoms with Gasteiger partial charge in [-0.3, -0.25) is 10.1 Å². The highest BCUT2D eigenvalue weighted by Crippen LogP contribution is 2.23. The van der Waals surface area contributed by atoms with Gasteiger partial charge in [-0.15, -0.1) is 0 Å². The molecule has 94 valence electrons. The largest absolute Gasteiger partial charge is 0.324 e. The fraction of sp³-hybridized carbons (Fsp3) is 0.167. The first-order chi connectivity index (χ1) is 8.66. The molecule has 0 amide bonds. The Morgan fingerprint density at radius 1 is 1.22 bits per heavy atom. The summed E-state index contributed by atoms with van der Waals surface area (Å²) < 4.78 is 13.3. The molecule has 2 aromatic rings. The number of nitrogens with zero attached hydrogens (tertiary/aromatic N) is 1. The standard InChI is InChI=1S/C12H11FN2O2S/c13-11-4-2-1-3-9(11)7-14-8-10-5-6-12(18-10)15(16)17/h1-6,14H,7-8H2. The summed E-state index contributed by atoms with van der Waals surface area (Å²) in [4.78, 5) is 10.9. The number of hydrogen-bond acceptors (Lipinski definition) is 4. The van der Waals surface area contributed by atoms with Crippen molar-refractivity contribution >= 4 is 16.3 Å². The third-order valence-corrected chi connectivity index (χ3v) is 3.44. The molecule has 1 heterocycles. The first-order valence-electron chi connectivity index (χ1n) is 5.34. The van der Waals surface area contributed by atoms with Crippen LogP contribution in [0.1, 0.15) is 10.4 Å². The van der Waals surface area contributed by atoms with Gasteiger partial charge in [0, 0.05) is 29.6 Å². The van der Waals surface area contributed by atoms with E-state index in [2.05, 4.69) is 5.32 Å². The molecule has 4 nitrogen and oxygen atoms in total. The second-order valence-electron chi connectivity index (χ2n) is 3.69. The maximum atomic E-state index is 13.3. The Hall–Kier alpha value is -1.79. The van der Waals surface area contributed by atoms with Crippen molar-refractivity contribution in [2.45, 2.75) is 13.1 Å². The van der Waals surface area contributed by atoms with Gasteiger partial charge in [0.05, 0.1) is 4.92 Å². The number of hydrogen-bond donors (Lipinski definition) is 1. The molecule has 0 aliphatic carbocycles. The van der Waals surface area contributed by atoms with Crippen molar-refractivity contribution in [2.24, 2.45) is 0 Å². The van der Waals surface area contributed by atoms with E-state index in [0.717, 1.165) is 16.2 Å². The lowest BCUT2D eigenvalue weighted by Gasteiger charge is -2.04. The van der Waals surface area contributed by atoms with Crippen molar-refractivity contribution in [3.8, 4) is 0 Å². The third-order valence-electron chi connectivity index (χ3n) is 2.40. The molecule has 0 spiro atoms. The highest BCUT2D eigenvalue weighted by atomic mass is 32.1. The molecule has 2 rings (SSSR count). The van der Waals surface area contributed by atoms with E-state index in [1.165, 1.54) is 12.1 Å². The number of benzene rings is 1. The van der Waals surface area contributed by atoms with Crippen LogP contribution in [0.3, 0.4) is 0 Å². The monoisotopic (exact) mass is 266 g/mol. The SMILES string of the molecule is O=[N+]([O-])c1ccc(CNCc2ccccc2F)s1. The normalized spacial score (nSPS) is 10.5. The summed E-state index contributed by atoms with van der Waals surface area (Å²) in [7, 11) is 0. The highest BCUT2D eigenvalue weighted by molar-refractivity contribution is 7.15.